The number of sulfonamides is 1. The third-order valence-electron chi connectivity index (χ3n) is 5.93. The van der Waals surface area contributed by atoms with Crippen molar-refractivity contribution in [3.05, 3.63) is 102 Å². The van der Waals surface area contributed by atoms with Crippen molar-refractivity contribution in [2.24, 2.45) is 0 Å². The average Bonchev–Trinajstić information content (AvgIpc) is 2.68. The fourth-order valence-electron chi connectivity index (χ4n) is 4.91. The van der Waals surface area contributed by atoms with Crippen LogP contribution in [-0.4, -0.2) is 14.0 Å². The maximum Gasteiger partial charge on any atom is 0.239 e. The Balaban J connectivity index is 1.87. The summed E-state index contributed by atoms with van der Waals surface area (Å²) in [6.45, 7) is 6.30. The van der Waals surface area contributed by atoms with E-state index in [-0.39, 0.29) is 11.2 Å². The molecule has 1 heterocycles. The molecule has 150 valence electrons. The molecule has 0 saturated heterocycles. The van der Waals surface area contributed by atoms with Gasteiger partial charge in [0.1, 0.15) is 0 Å². The second kappa shape index (κ2) is 7.03. The summed E-state index contributed by atoms with van der Waals surface area (Å²) in [6, 6.07) is 27.7. The number of benzene rings is 3. The number of fused-ring (bicyclic) bond motifs is 1. The fourth-order valence-corrected chi connectivity index (χ4v) is 6.93. The molecule has 0 fully saturated rings. The minimum Gasteiger partial charge on any atom is -0.264 e. The highest BCUT2D eigenvalue weighted by molar-refractivity contribution is 7.92. The quantitative estimate of drug-likeness (QED) is 0.574. The summed E-state index contributed by atoms with van der Waals surface area (Å²) in [5, 5.41) is 0. The molecule has 0 saturated carbocycles. The van der Waals surface area contributed by atoms with E-state index in [0.29, 0.717) is 6.42 Å². The van der Waals surface area contributed by atoms with Crippen LogP contribution in [0.15, 0.2) is 84.9 Å². The summed E-state index contributed by atoms with van der Waals surface area (Å²) in [7, 11) is -3.56. The highest BCUT2D eigenvalue weighted by atomic mass is 32.2. The van der Waals surface area contributed by atoms with Crippen molar-refractivity contribution in [3.63, 3.8) is 0 Å². The number of rotatable bonds is 4. The molecule has 0 N–H and O–H groups in total. The summed E-state index contributed by atoms with van der Waals surface area (Å²) in [5.41, 5.74) is 3.03. The van der Waals surface area contributed by atoms with Gasteiger partial charge in [-0.15, -0.1) is 0 Å². The molecule has 3 nitrogen and oxygen atoms in total. The lowest BCUT2D eigenvalue weighted by Gasteiger charge is -2.51. The molecule has 0 amide bonds. The number of hydrogen-bond acceptors (Lipinski definition) is 2. The van der Waals surface area contributed by atoms with E-state index in [1.807, 2.05) is 68.4 Å². The zero-order chi connectivity index (χ0) is 20.7. The molecule has 29 heavy (non-hydrogen) atoms. The van der Waals surface area contributed by atoms with E-state index < -0.39 is 15.6 Å². The molecule has 3 aromatic rings. The van der Waals surface area contributed by atoms with Crippen LogP contribution < -0.4 is 4.31 Å². The maximum absolute atomic E-state index is 13.6. The van der Waals surface area contributed by atoms with E-state index in [1.165, 1.54) is 5.56 Å². The molecule has 1 atom stereocenters. The Morgan fingerprint density at radius 1 is 0.793 bits per heavy atom. The lowest BCUT2D eigenvalue weighted by Crippen LogP contribution is -2.56. The molecule has 4 rings (SSSR count). The van der Waals surface area contributed by atoms with Gasteiger partial charge in [-0.05, 0) is 43.0 Å². The summed E-state index contributed by atoms with van der Waals surface area (Å²) in [6.07, 6.45) is 0.703. The van der Waals surface area contributed by atoms with Gasteiger partial charge >= 0.3 is 0 Å². The maximum atomic E-state index is 13.6. The standard InChI is InChI=1S/C25H27NO2S/c1-24(2)19-25(3,21-14-8-5-9-15-21)22-16-10-11-17-23(22)26(24)29(27,28)18-20-12-6-4-7-13-20/h4-17H,18-19H2,1-3H3. The summed E-state index contributed by atoms with van der Waals surface area (Å²) < 4.78 is 28.9. The fraction of sp³-hybridized carbons (Fsp3) is 0.280. The molecule has 1 aliphatic rings. The van der Waals surface area contributed by atoms with Crippen LogP contribution in [0.5, 0.6) is 0 Å². The van der Waals surface area contributed by atoms with Crippen molar-refractivity contribution in [1.29, 1.82) is 0 Å². The van der Waals surface area contributed by atoms with Gasteiger partial charge in [-0.3, -0.25) is 4.31 Å². The first-order valence-corrected chi connectivity index (χ1v) is 11.6. The minimum atomic E-state index is -3.56. The third kappa shape index (κ3) is 3.46. The predicted molar refractivity (Wildman–Crippen MR) is 120 cm³/mol. The van der Waals surface area contributed by atoms with Crippen LogP contribution in [0, 0.1) is 0 Å². The lowest BCUT2D eigenvalue weighted by atomic mass is 9.66. The second-order valence-corrected chi connectivity index (χ2v) is 10.5. The Morgan fingerprint density at radius 3 is 2.00 bits per heavy atom. The molecule has 0 aromatic heterocycles. The van der Waals surface area contributed by atoms with Crippen molar-refractivity contribution in [1.82, 2.24) is 0 Å². The highest BCUT2D eigenvalue weighted by Gasteiger charge is 2.49. The van der Waals surface area contributed by atoms with Gasteiger partial charge in [0.05, 0.1) is 17.0 Å². The van der Waals surface area contributed by atoms with Crippen molar-refractivity contribution in [3.8, 4) is 0 Å². The molecular weight excluding hydrogens is 378 g/mol. The SMILES string of the molecule is CC1(c2ccccc2)CC(C)(C)N(S(=O)(=O)Cc2ccccc2)c2ccccc21. The van der Waals surface area contributed by atoms with Crippen LogP contribution in [0.25, 0.3) is 0 Å². The number of nitrogens with zero attached hydrogens (tertiary/aromatic N) is 1. The zero-order valence-corrected chi connectivity index (χ0v) is 18.0. The topological polar surface area (TPSA) is 37.4 Å². The van der Waals surface area contributed by atoms with Crippen LogP contribution in [0.3, 0.4) is 0 Å². The van der Waals surface area contributed by atoms with Gasteiger partial charge in [0.25, 0.3) is 0 Å². The first kappa shape index (κ1) is 19.7. The summed E-state index contributed by atoms with van der Waals surface area (Å²) in [5.74, 6) is -0.00629. The third-order valence-corrected chi connectivity index (χ3v) is 7.88. The Hall–Kier alpha value is -2.59. The molecule has 0 bridgehead atoms. The van der Waals surface area contributed by atoms with Crippen molar-refractivity contribution in [2.45, 2.75) is 43.9 Å². The molecule has 3 aromatic carbocycles. The van der Waals surface area contributed by atoms with Gasteiger partial charge < -0.3 is 0 Å². The van der Waals surface area contributed by atoms with Gasteiger partial charge in [0, 0.05) is 5.41 Å². The Morgan fingerprint density at radius 2 is 1.34 bits per heavy atom. The Bertz CT molecular complexity index is 1110. The van der Waals surface area contributed by atoms with Gasteiger partial charge in [-0.25, -0.2) is 8.42 Å². The van der Waals surface area contributed by atoms with Crippen LogP contribution in [0.2, 0.25) is 0 Å². The molecule has 0 spiro atoms. The van der Waals surface area contributed by atoms with Crippen LogP contribution in [0.1, 0.15) is 43.9 Å². The zero-order valence-electron chi connectivity index (χ0n) is 17.2. The van der Waals surface area contributed by atoms with Crippen LogP contribution >= 0.6 is 0 Å². The first-order chi connectivity index (χ1) is 13.7. The summed E-state index contributed by atoms with van der Waals surface area (Å²) in [4.78, 5) is 0. The molecule has 0 aliphatic carbocycles. The number of hydrogen-bond donors (Lipinski definition) is 0. The lowest BCUT2D eigenvalue weighted by molar-refractivity contribution is 0.351. The van der Waals surface area contributed by atoms with Gasteiger partial charge in [0.15, 0.2) is 0 Å². The summed E-state index contributed by atoms with van der Waals surface area (Å²) >= 11 is 0. The van der Waals surface area contributed by atoms with E-state index in [1.54, 1.807) is 4.31 Å². The minimum absolute atomic E-state index is 0.00629. The van der Waals surface area contributed by atoms with E-state index >= 15 is 0 Å². The Kier molecular flexibility index (Phi) is 4.78. The largest absolute Gasteiger partial charge is 0.264 e. The molecule has 0 radical (unpaired) electrons. The normalized spacial score (nSPS) is 20.9. The molecule has 1 aliphatic heterocycles. The van der Waals surface area contributed by atoms with E-state index in [9.17, 15) is 8.42 Å². The smallest absolute Gasteiger partial charge is 0.239 e. The van der Waals surface area contributed by atoms with Crippen molar-refractivity contribution >= 4 is 15.7 Å². The second-order valence-electron chi connectivity index (χ2n) is 8.71. The van der Waals surface area contributed by atoms with Crippen LogP contribution in [-0.2, 0) is 21.2 Å². The number of para-hydroxylation sites is 1. The Labute approximate surface area is 174 Å². The molecule has 1 unspecified atom stereocenters. The van der Waals surface area contributed by atoms with E-state index in [2.05, 4.69) is 37.3 Å². The van der Waals surface area contributed by atoms with Crippen LogP contribution in [0.4, 0.5) is 5.69 Å². The predicted octanol–water partition coefficient (Wildman–Crippen LogP) is 5.51. The molecule has 4 heteroatoms. The van der Waals surface area contributed by atoms with E-state index in [4.69, 9.17) is 0 Å². The van der Waals surface area contributed by atoms with E-state index in [0.717, 1.165) is 16.8 Å². The average molecular weight is 406 g/mol. The first-order valence-electron chi connectivity index (χ1n) is 9.96. The molecular formula is C25H27NO2S. The van der Waals surface area contributed by atoms with Gasteiger partial charge in [0.2, 0.25) is 10.0 Å². The van der Waals surface area contributed by atoms with Crippen molar-refractivity contribution in [2.75, 3.05) is 4.31 Å². The van der Waals surface area contributed by atoms with Crippen molar-refractivity contribution < 1.29 is 8.42 Å². The van der Waals surface area contributed by atoms with Gasteiger partial charge in [-0.2, -0.15) is 0 Å². The highest BCUT2D eigenvalue weighted by Crippen LogP contribution is 2.51. The number of anilines is 1. The van der Waals surface area contributed by atoms with Gasteiger partial charge in [-0.1, -0.05) is 85.8 Å². The monoisotopic (exact) mass is 405 g/mol.